The molecule has 108 valence electrons. The summed E-state index contributed by atoms with van der Waals surface area (Å²) in [6.45, 7) is 0. The summed E-state index contributed by atoms with van der Waals surface area (Å²) in [7, 11) is 1.48. The zero-order valence-corrected chi connectivity index (χ0v) is 11.3. The highest BCUT2D eigenvalue weighted by molar-refractivity contribution is 5.99. The molecule has 1 atom stereocenters. The van der Waals surface area contributed by atoms with Crippen molar-refractivity contribution in [1.29, 1.82) is 0 Å². The molecule has 1 fully saturated rings. The Balaban J connectivity index is 2.16. The minimum Gasteiger partial charge on any atom is -0.496 e. The van der Waals surface area contributed by atoms with Crippen molar-refractivity contribution >= 4 is 22.6 Å². The van der Waals surface area contributed by atoms with Gasteiger partial charge in [0.15, 0.2) is 0 Å². The van der Waals surface area contributed by atoms with Crippen molar-refractivity contribution in [3.63, 3.8) is 0 Å². The SMILES string of the molecule is COc1cccc2cnn(C3CCC(=O)NC3=O)c(=O)c12. The molecule has 1 N–H and O–H groups in total. The van der Waals surface area contributed by atoms with E-state index < -0.39 is 17.5 Å². The molecule has 0 radical (unpaired) electrons. The molecule has 0 spiro atoms. The first-order valence-corrected chi connectivity index (χ1v) is 6.50. The summed E-state index contributed by atoms with van der Waals surface area (Å²) in [5, 5.41) is 7.30. The molecule has 2 aromatic rings. The van der Waals surface area contributed by atoms with E-state index in [1.54, 1.807) is 18.2 Å². The largest absolute Gasteiger partial charge is 0.496 e. The molecule has 0 saturated carbocycles. The highest BCUT2D eigenvalue weighted by atomic mass is 16.5. The highest BCUT2D eigenvalue weighted by Gasteiger charge is 2.30. The lowest BCUT2D eigenvalue weighted by molar-refractivity contribution is -0.136. The molecule has 7 nitrogen and oxygen atoms in total. The maximum absolute atomic E-state index is 12.6. The van der Waals surface area contributed by atoms with Gasteiger partial charge in [-0.15, -0.1) is 0 Å². The number of nitrogens with one attached hydrogen (secondary N) is 1. The Morgan fingerprint density at radius 3 is 2.86 bits per heavy atom. The van der Waals surface area contributed by atoms with Gasteiger partial charge < -0.3 is 4.74 Å². The second-order valence-electron chi connectivity index (χ2n) is 4.79. The number of imide groups is 1. The van der Waals surface area contributed by atoms with Gasteiger partial charge in [0, 0.05) is 11.8 Å². The Hall–Kier alpha value is -2.70. The molecule has 1 aliphatic heterocycles. The fourth-order valence-electron chi connectivity index (χ4n) is 2.48. The maximum Gasteiger partial charge on any atom is 0.279 e. The van der Waals surface area contributed by atoms with E-state index in [-0.39, 0.29) is 18.7 Å². The number of benzene rings is 1. The molecular formula is C14H13N3O4. The molecule has 3 rings (SSSR count). The Morgan fingerprint density at radius 1 is 1.33 bits per heavy atom. The van der Waals surface area contributed by atoms with Crippen LogP contribution >= 0.6 is 0 Å². The number of ether oxygens (including phenoxy) is 1. The lowest BCUT2D eigenvalue weighted by Gasteiger charge is -2.22. The van der Waals surface area contributed by atoms with E-state index in [9.17, 15) is 14.4 Å². The van der Waals surface area contributed by atoms with E-state index in [2.05, 4.69) is 10.4 Å². The van der Waals surface area contributed by atoms with Crippen LogP contribution in [0.2, 0.25) is 0 Å². The fraction of sp³-hybridized carbons (Fsp3) is 0.286. The van der Waals surface area contributed by atoms with Crippen molar-refractivity contribution in [3.8, 4) is 5.75 Å². The first-order valence-electron chi connectivity index (χ1n) is 6.50. The quantitative estimate of drug-likeness (QED) is 0.807. The molecule has 1 aliphatic rings. The van der Waals surface area contributed by atoms with Crippen LogP contribution in [0.5, 0.6) is 5.75 Å². The van der Waals surface area contributed by atoms with Crippen LogP contribution in [0.15, 0.2) is 29.2 Å². The van der Waals surface area contributed by atoms with Crippen molar-refractivity contribution in [1.82, 2.24) is 15.1 Å². The van der Waals surface area contributed by atoms with Crippen LogP contribution in [0.4, 0.5) is 0 Å². The van der Waals surface area contributed by atoms with Gasteiger partial charge in [-0.1, -0.05) is 12.1 Å². The van der Waals surface area contributed by atoms with Gasteiger partial charge in [0.05, 0.1) is 18.7 Å². The predicted octanol–water partition coefficient (Wildman–Crippen LogP) is 0.383. The van der Waals surface area contributed by atoms with Crippen molar-refractivity contribution in [2.75, 3.05) is 7.11 Å². The van der Waals surface area contributed by atoms with Crippen LogP contribution in [0.3, 0.4) is 0 Å². The average molecular weight is 287 g/mol. The zero-order valence-electron chi connectivity index (χ0n) is 11.3. The number of nitrogens with zero attached hydrogens (tertiary/aromatic N) is 2. The summed E-state index contributed by atoms with van der Waals surface area (Å²) in [4.78, 5) is 35.7. The van der Waals surface area contributed by atoms with Crippen molar-refractivity contribution in [2.45, 2.75) is 18.9 Å². The molecule has 2 heterocycles. The summed E-state index contributed by atoms with van der Waals surface area (Å²) in [5.41, 5.74) is -0.403. The monoisotopic (exact) mass is 287 g/mol. The lowest BCUT2D eigenvalue weighted by Crippen LogP contribution is -2.45. The third-order valence-corrected chi connectivity index (χ3v) is 3.53. The Morgan fingerprint density at radius 2 is 2.14 bits per heavy atom. The van der Waals surface area contributed by atoms with Crippen LogP contribution in [0.25, 0.3) is 10.8 Å². The third-order valence-electron chi connectivity index (χ3n) is 3.53. The van der Waals surface area contributed by atoms with Gasteiger partial charge in [0.1, 0.15) is 11.8 Å². The number of carbonyl (C=O) groups is 2. The third kappa shape index (κ3) is 2.16. The number of piperidine rings is 1. The summed E-state index contributed by atoms with van der Waals surface area (Å²) >= 11 is 0. The van der Waals surface area contributed by atoms with Crippen LogP contribution in [0.1, 0.15) is 18.9 Å². The number of rotatable bonds is 2. The molecule has 2 amide bonds. The molecule has 1 unspecified atom stereocenters. The Labute approximate surface area is 119 Å². The van der Waals surface area contributed by atoms with Crippen molar-refractivity contribution in [2.24, 2.45) is 0 Å². The maximum atomic E-state index is 12.6. The fourth-order valence-corrected chi connectivity index (χ4v) is 2.48. The molecule has 1 aromatic heterocycles. The number of carbonyl (C=O) groups excluding carboxylic acids is 2. The number of hydrogen-bond donors (Lipinski definition) is 1. The van der Waals surface area contributed by atoms with Crippen LogP contribution in [-0.2, 0) is 9.59 Å². The van der Waals surface area contributed by atoms with Gasteiger partial charge in [-0.25, -0.2) is 4.68 Å². The second kappa shape index (κ2) is 5.01. The van der Waals surface area contributed by atoms with Crippen molar-refractivity contribution < 1.29 is 14.3 Å². The van der Waals surface area contributed by atoms with Gasteiger partial charge in [-0.2, -0.15) is 5.10 Å². The van der Waals surface area contributed by atoms with E-state index in [1.807, 2.05) is 0 Å². The van der Waals surface area contributed by atoms with E-state index >= 15 is 0 Å². The van der Waals surface area contributed by atoms with Crippen molar-refractivity contribution in [3.05, 3.63) is 34.7 Å². The molecule has 1 saturated heterocycles. The number of amides is 2. The van der Waals surface area contributed by atoms with E-state index in [0.717, 1.165) is 4.68 Å². The minimum atomic E-state index is -0.774. The molecule has 0 aliphatic carbocycles. The van der Waals surface area contributed by atoms with Gasteiger partial charge >= 0.3 is 0 Å². The summed E-state index contributed by atoms with van der Waals surface area (Å²) in [6.07, 6.45) is 1.97. The number of methoxy groups -OCH3 is 1. The van der Waals surface area contributed by atoms with Crippen LogP contribution in [-0.4, -0.2) is 28.7 Å². The van der Waals surface area contributed by atoms with E-state index in [0.29, 0.717) is 16.5 Å². The Kier molecular flexibility index (Phi) is 3.17. The Bertz CT molecular complexity index is 796. The number of fused-ring (bicyclic) bond motifs is 1. The molecule has 0 bridgehead atoms. The van der Waals surface area contributed by atoms with Crippen LogP contribution < -0.4 is 15.6 Å². The molecule has 21 heavy (non-hydrogen) atoms. The summed E-state index contributed by atoms with van der Waals surface area (Å²) in [6, 6.07) is 4.42. The summed E-state index contributed by atoms with van der Waals surface area (Å²) < 4.78 is 6.32. The normalized spacial score (nSPS) is 18.6. The smallest absolute Gasteiger partial charge is 0.279 e. The lowest BCUT2D eigenvalue weighted by atomic mass is 10.1. The van der Waals surface area contributed by atoms with E-state index in [1.165, 1.54) is 13.3 Å². The second-order valence-corrected chi connectivity index (χ2v) is 4.79. The molecule has 1 aromatic carbocycles. The van der Waals surface area contributed by atoms with Crippen LogP contribution in [0, 0.1) is 0 Å². The average Bonchev–Trinajstić information content (AvgIpc) is 2.48. The van der Waals surface area contributed by atoms with Gasteiger partial charge in [0.2, 0.25) is 5.91 Å². The van der Waals surface area contributed by atoms with Gasteiger partial charge in [0.25, 0.3) is 11.5 Å². The zero-order chi connectivity index (χ0) is 15.0. The highest BCUT2D eigenvalue weighted by Crippen LogP contribution is 2.23. The predicted molar refractivity (Wildman–Crippen MR) is 74.0 cm³/mol. The summed E-state index contributed by atoms with van der Waals surface area (Å²) in [5.74, 6) is -0.404. The first-order chi connectivity index (χ1) is 10.1. The minimum absolute atomic E-state index is 0.189. The molecule has 7 heteroatoms. The van der Waals surface area contributed by atoms with E-state index in [4.69, 9.17) is 4.74 Å². The number of aromatic nitrogens is 2. The standard InChI is InChI=1S/C14H13N3O4/c1-21-10-4-2-3-8-7-15-17(14(20)12(8)10)9-5-6-11(18)16-13(9)19/h2-4,7,9H,5-6H2,1H3,(H,16,18,19). The first kappa shape index (κ1) is 13.3. The van der Waals surface area contributed by atoms with Gasteiger partial charge in [-0.3, -0.25) is 19.7 Å². The molecular weight excluding hydrogens is 274 g/mol. The van der Waals surface area contributed by atoms with Gasteiger partial charge in [-0.05, 0) is 12.5 Å². The number of hydrogen-bond acceptors (Lipinski definition) is 5. The topological polar surface area (TPSA) is 90.3 Å².